The lowest BCUT2D eigenvalue weighted by molar-refractivity contribution is 0.0692. The minimum absolute atomic E-state index is 0.217. The number of hydrogen-bond acceptors (Lipinski definition) is 4. The smallest absolute Gasteiger partial charge is 0.339 e. The molecule has 0 spiro atoms. The molecule has 1 saturated heterocycles. The van der Waals surface area contributed by atoms with Crippen LogP contribution < -0.4 is 10.1 Å². The molecule has 0 bridgehead atoms. The molecule has 1 heterocycles. The number of carboxylic acids is 1. The van der Waals surface area contributed by atoms with E-state index in [4.69, 9.17) is 9.84 Å². The molecule has 0 aromatic heterocycles. The molecule has 4 nitrogen and oxygen atoms in total. The van der Waals surface area contributed by atoms with E-state index in [9.17, 15) is 4.79 Å². The number of rotatable bonds is 7. The van der Waals surface area contributed by atoms with Gasteiger partial charge < -0.3 is 15.2 Å². The lowest BCUT2D eigenvalue weighted by Crippen LogP contribution is -2.27. The van der Waals surface area contributed by atoms with Crippen LogP contribution in [0.25, 0.3) is 0 Å². The molecular weight excluding hydrogens is 262 g/mol. The molecular formula is C14H19NO3S. The van der Waals surface area contributed by atoms with Gasteiger partial charge in [-0.3, -0.25) is 0 Å². The van der Waals surface area contributed by atoms with Gasteiger partial charge in [0.05, 0.1) is 0 Å². The predicted molar refractivity (Wildman–Crippen MR) is 77.2 cm³/mol. The van der Waals surface area contributed by atoms with Gasteiger partial charge in [-0.1, -0.05) is 12.1 Å². The Morgan fingerprint density at radius 3 is 3.05 bits per heavy atom. The second kappa shape index (κ2) is 7.40. The van der Waals surface area contributed by atoms with Crippen molar-refractivity contribution in [1.29, 1.82) is 0 Å². The van der Waals surface area contributed by atoms with Gasteiger partial charge in [0.25, 0.3) is 0 Å². The summed E-state index contributed by atoms with van der Waals surface area (Å²) in [7, 11) is 0. The van der Waals surface area contributed by atoms with Gasteiger partial charge in [0.1, 0.15) is 17.9 Å². The summed E-state index contributed by atoms with van der Waals surface area (Å²) in [4.78, 5) is 11.0. The van der Waals surface area contributed by atoms with Crippen molar-refractivity contribution in [3.8, 4) is 5.75 Å². The van der Waals surface area contributed by atoms with Gasteiger partial charge in [-0.05, 0) is 30.7 Å². The molecule has 5 heteroatoms. The third-order valence-electron chi connectivity index (χ3n) is 3.05. The number of benzene rings is 1. The fourth-order valence-corrected chi connectivity index (χ4v) is 3.31. The third kappa shape index (κ3) is 4.44. The maximum atomic E-state index is 11.0. The van der Waals surface area contributed by atoms with Crippen LogP contribution >= 0.6 is 11.8 Å². The monoisotopic (exact) mass is 281 g/mol. The van der Waals surface area contributed by atoms with Crippen molar-refractivity contribution in [3.05, 3.63) is 29.8 Å². The molecule has 1 aromatic carbocycles. The zero-order chi connectivity index (χ0) is 13.5. The summed E-state index contributed by atoms with van der Waals surface area (Å²) in [6, 6.07) is 6.73. The molecule has 104 valence electrons. The van der Waals surface area contributed by atoms with Crippen LogP contribution in [0.5, 0.6) is 5.75 Å². The predicted octanol–water partition coefficient (Wildman–Crippen LogP) is 2.25. The SMILES string of the molecule is O=C(O)c1ccccc1OCCNCC1CCCS1. The first-order valence-electron chi connectivity index (χ1n) is 6.55. The summed E-state index contributed by atoms with van der Waals surface area (Å²) in [5, 5.41) is 13.1. The van der Waals surface area contributed by atoms with Crippen LogP contribution in [0.3, 0.4) is 0 Å². The molecule has 19 heavy (non-hydrogen) atoms. The number of aromatic carboxylic acids is 1. The zero-order valence-electron chi connectivity index (χ0n) is 10.8. The van der Waals surface area contributed by atoms with Gasteiger partial charge in [0.2, 0.25) is 0 Å². The van der Waals surface area contributed by atoms with Gasteiger partial charge in [-0.25, -0.2) is 4.79 Å². The van der Waals surface area contributed by atoms with Gasteiger partial charge in [-0.2, -0.15) is 11.8 Å². The minimum atomic E-state index is -0.953. The Kier molecular flexibility index (Phi) is 5.54. The molecule has 1 unspecified atom stereocenters. The number of thioether (sulfide) groups is 1. The van der Waals surface area contributed by atoms with Crippen molar-refractivity contribution in [2.24, 2.45) is 0 Å². The van der Waals surface area contributed by atoms with Crippen LogP contribution in [0.2, 0.25) is 0 Å². The molecule has 1 fully saturated rings. The largest absolute Gasteiger partial charge is 0.491 e. The van der Waals surface area contributed by atoms with Crippen molar-refractivity contribution >= 4 is 17.7 Å². The average molecular weight is 281 g/mol. The summed E-state index contributed by atoms with van der Waals surface area (Å²) < 4.78 is 5.51. The summed E-state index contributed by atoms with van der Waals surface area (Å²) in [5.41, 5.74) is 0.217. The molecule has 1 aliphatic heterocycles. The van der Waals surface area contributed by atoms with Crippen LogP contribution in [0.15, 0.2) is 24.3 Å². The first-order valence-corrected chi connectivity index (χ1v) is 7.59. The summed E-state index contributed by atoms with van der Waals surface area (Å²) in [6.07, 6.45) is 2.61. The first-order chi connectivity index (χ1) is 9.27. The molecule has 1 aliphatic rings. The Balaban J connectivity index is 1.69. The Hall–Kier alpha value is -1.20. The van der Waals surface area contributed by atoms with E-state index in [0.29, 0.717) is 12.4 Å². The second-order valence-electron chi connectivity index (χ2n) is 4.49. The number of carboxylic acid groups (broad SMARTS) is 1. The van der Waals surface area contributed by atoms with Crippen molar-refractivity contribution in [2.75, 3.05) is 25.4 Å². The summed E-state index contributed by atoms with van der Waals surface area (Å²) >= 11 is 2.02. The van der Waals surface area contributed by atoms with E-state index in [1.54, 1.807) is 24.3 Å². The highest BCUT2D eigenvalue weighted by Gasteiger charge is 2.14. The Bertz CT molecular complexity index is 419. The fourth-order valence-electron chi connectivity index (χ4n) is 2.07. The molecule has 2 rings (SSSR count). The van der Waals surface area contributed by atoms with Crippen LogP contribution in [0, 0.1) is 0 Å². The summed E-state index contributed by atoms with van der Waals surface area (Å²) in [5.74, 6) is 0.757. The standard InChI is InChI=1S/C14H19NO3S/c16-14(17)12-5-1-2-6-13(12)18-8-7-15-10-11-4-3-9-19-11/h1-2,5-6,11,15H,3-4,7-10H2,(H,16,17). The lowest BCUT2D eigenvalue weighted by atomic mass is 10.2. The number of carbonyl (C=O) groups is 1. The Morgan fingerprint density at radius 2 is 2.32 bits per heavy atom. The topological polar surface area (TPSA) is 58.6 Å². The van der Waals surface area contributed by atoms with E-state index < -0.39 is 5.97 Å². The molecule has 0 amide bonds. The molecule has 0 saturated carbocycles. The molecule has 0 radical (unpaired) electrons. The minimum Gasteiger partial charge on any atom is -0.491 e. The fraction of sp³-hybridized carbons (Fsp3) is 0.500. The quantitative estimate of drug-likeness (QED) is 0.751. The van der Waals surface area contributed by atoms with Crippen molar-refractivity contribution < 1.29 is 14.6 Å². The molecule has 1 aromatic rings. The highest BCUT2D eigenvalue weighted by Crippen LogP contribution is 2.25. The molecule has 1 atom stereocenters. The van der Waals surface area contributed by atoms with Crippen LogP contribution in [0.1, 0.15) is 23.2 Å². The van der Waals surface area contributed by atoms with E-state index in [-0.39, 0.29) is 5.56 Å². The number of nitrogens with one attached hydrogen (secondary N) is 1. The van der Waals surface area contributed by atoms with Crippen LogP contribution in [-0.2, 0) is 0 Å². The average Bonchev–Trinajstić information content (AvgIpc) is 2.92. The maximum absolute atomic E-state index is 11.0. The Labute approximate surface area is 117 Å². The molecule has 0 aliphatic carbocycles. The van der Waals surface area contributed by atoms with Gasteiger partial charge in [0.15, 0.2) is 0 Å². The van der Waals surface area contributed by atoms with E-state index in [1.165, 1.54) is 18.6 Å². The lowest BCUT2D eigenvalue weighted by Gasteiger charge is -2.12. The van der Waals surface area contributed by atoms with E-state index >= 15 is 0 Å². The highest BCUT2D eigenvalue weighted by atomic mass is 32.2. The number of hydrogen-bond donors (Lipinski definition) is 2. The van der Waals surface area contributed by atoms with Crippen molar-refractivity contribution in [2.45, 2.75) is 18.1 Å². The summed E-state index contributed by atoms with van der Waals surface area (Å²) in [6.45, 7) is 2.24. The second-order valence-corrected chi connectivity index (χ2v) is 5.90. The van der Waals surface area contributed by atoms with Crippen LogP contribution in [0.4, 0.5) is 0 Å². The third-order valence-corrected chi connectivity index (χ3v) is 4.45. The Morgan fingerprint density at radius 1 is 1.47 bits per heavy atom. The first kappa shape index (κ1) is 14.2. The van der Waals surface area contributed by atoms with Gasteiger partial charge in [-0.15, -0.1) is 0 Å². The highest BCUT2D eigenvalue weighted by molar-refractivity contribution is 8.00. The van der Waals surface area contributed by atoms with E-state index in [1.807, 2.05) is 11.8 Å². The van der Waals surface area contributed by atoms with E-state index in [0.717, 1.165) is 18.3 Å². The molecule has 2 N–H and O–H groups in total. The van der Waals surface area contributed by atoms with E-state index in [2.05, 4.69) is 5.32 Å². The van der Waals surface area contributed by atoms with Crippen LogP contribution in [-0.4, -0.2) is 41.8 Å². The van der Waals surface area contributed by atoms with Gasteiger partial charge >= 0.3 is 5.97 Å². The maximum Gasteiger partial charge on any atom is 0.339 e. The normalized spacial score (nSPS) is 18.4. The number of ether oxygens (including phenoxy) is 1. The van der Waals surface area contributed by atoms with Gasteiger partial charge in [0, 0.05) is 18.3 Å². The van der Waals surface area contributed by atoms with Crippen molar-refractivity contribution in [3.63, 3.8) is 0 Å². The zero-order valence-corrected chi connectivity index (χ0v) is 11.6. The number of para-hydroxylation sites is 1. The van der Waals surface area contributed by atoms with Crippen molar-refractivity contribution in [1.82, 2.24) is 5.32 Å².